The van der Waals surface area contributed by atoms with Crippen LogP contribution in [0.5, 0.6) is 0 Å². The molecule has 1 aliphatic heterocycles. The monoisotopic (exact) mass is 308 g/mol. The van der Waals surface area contributed by atoms with Crippen LogP contribution < -0.4 is 10.6 Å². The molecule has 21 heavy (non-hydrogen) atoms. The fourth-order valence-electron chi connectivity index (χ4n) is 2.13. The summed E-state index contributed by atoms with van der Waals surface area (Å²) in [6.07, 6.45) is -0.427. The molecule has 2 N–H and O–H groups in total. The van der Waals surface area contributed by atoms with Gasteiger partial charge in [0.1, 0.15) is 5.60 Å². The quantitative estimate of drug-likeness (QED) is 0.879. The summed E-state index contributed by atoms with van der Waals surface area (Å²) in [5, 5.41) is 6.28. The summed E-state index contributed by atoms with van der Waals surface area (Å²) in [6, 6.07) is 8.28. The highest BCUT2D eigenvalue weighted by Gasteiger charge is 2.23. The van der Waals surface area contributed by atoms with Crippen molar-refractivity contribution in [1.29, 1.82) is 0 Å². The van der Waals surface area contributed by atoms with E-state index in [0.717, 1.165) is 17.1 Å². The average molecular weight is 308 g/mol. The van der Waals surface area contributed by atoms with Crippen LogP contribution in [-0.4, -0.2) is 29.2 Å². The van der Waals surface area contributed by atoms with Gasteiger partial charge in [-0.25, -0.2) is 4.79 Å². The van der Waals surface area contributed by atoms with Gasteiger partial charge in [-0.05, 0) is 56.7 Å². The van der Waals surface area contributed by atoms with Crippen LogP contribution in [0.25, 0.3) is 0 Å². The van der Waals surface area contributed by atoms with Crippen molar-refractivity contribution in [1.82, 2.24) is 0 Å². The molecule has 4 nitrogen and oxygen atoms in total. The zero-order chi connectivity index (χ0) is 15.5. The molecular weight excluding hydrogens is 284 g/mol. The van der Waals surface area contributed by atoms with Gasteiger partial charge in [-0.1, -0.05) is 6.92 Å². The molecule has 1 aromatic rings. The molecule has 1 saturated heterocycles. The van der Waals surface area contributed by atoms with E-state index in [2.05, 4.69) is 17.6 Å². The average Bonchev–Trinajstić information content (AvgIpc) is 2.75. The first-order chi connectivity index (χ1) is 9.83. The SMILES string of the molecule is CC1CSCC1Nc1ccc(NC(=O)OC(C)(C)C)cc1. The van der Waals surface area contributed by atoms with Crippen molar-refractivity contribution in [3.63, 3.8) is 0 Å². The van der Waals surface area contributed by atoms with Crippen molar-refractivity contribution >= 4 is 29.2 Å². The van der Waals surface area contributed by atoms with Gasteiger partial charge >= 0.3 is 6.09 Å². The number of anilines is 2. The van der Waals surface area contributed by atoms with Crippen molar-refractivity contribution in [2.75, 3.05) is 22.1 Å². The first-order valence-electron chi connectivity index (χ1n) is 7.28. The minimum atomic E-state index is -0.484. The lowest BCUT2D eigenvalue weighted by atomic mass is 10.1. The molecule has 0 aliphatic carbocycles. The summed E-state index contributed by atoms with van der Waals surface area (Å²) < 4.78 is 5.23. The highest BCUT2D eigenvalue weighted by Crippen LogP contribution is 2.27. The Bertz CT molecular complexity index is 482. The molecule has 1 aromatic carbocycles. The molecule has 1 amide bonds. The van der Waals surface area contributed by atoms with Gasteiger partial charge in [-0.2, -0.15) is 11.8 Å². The molecule has 0 radical (unpaired) electrons. The number of hydrogen-bond acceptors (Lipinski definition) is 4. The molecule has 1 aliphatic rings. The molecule has 0 aromatic heterocycles. The summed E-state index contributed by atoms with van der Waals surface area (Å²) in [4.78, 5) is 11.7. The van der Waals surface area contributed by atoms with Crippen LogP contribution in [0.3, 0.4) is 0 Å². The topological polar surface area (TPSA) is 50.4 Å². The Morgan fingerprint density at radius 1 is 1.19 bits per heavy atom. The minimum absolute atomic E-state index is 0.427. The van der Waals surface area contributed by atoms with Gasteiger partial charge in [-0.3, -0.25) is 5.32 Å². The molecule has 1 fully saturated rings. The summed E-state index contributed by atoms with van der Waals surface area (Å²) in [6.45, 7) is 7.82. The third-order valence-electron chi connectivity index (χ3n) is 3.25. The Morgan fingerprint density at radius 2 is 1.81 bits per heavy atom. The molecule has 0 spiro atoms. The second-order valence-corrected chi connectivity index (χ2v) is 7.54. The van der Waals surface area contributed by atoms with Crippen LogP contribution in [0.4, 0.5) is 16.2 Å². The Balaban J connectivity index is 1.88. The van der Waals surface area contributed by atoms with Crippen molar-refractivity contribution in [2.24, 2.45) is 5.92 Å². The fourth-order valence-corrected chi connectivity index (χ4v) is 3.54. The lowest BCUT2D eigenvalue weighted by molar-refractivity contribution is 0.0636. The molecular formula is C16H24N2O2S. The van der Waals surface area contributed by atoms with E-state index in [1.165, 1.54) is 5.75 Å². The summed E-state index contributed by atoms with van der Waals surface area (Å²) >= 11 is 1.99. The number of rotatable bonds is 3. The van der Waals surface area contributed by atoms with Crippen molar-refractivity contribution in [2.45, 2.75) is 39.3 Å². The number of ether oxygens (including phenoxy) is 1. The normalized spacial score (nSPS) is 21.9. The largest absolute Gasteiger partial charge is 0.444 e. The zero-order valence-electron chi connectivity index (χ0n) is 13.1. The predicted molar refractivity (Wildman–Crippen MR) is 90.2 cm³/mol. The van der Waals surface area contributed by atoms with Gasteiger partial charge in [0.05, 0.1) is 0 Å². The Labute approximate surface area is 131 Å². The maximum Gasteiger partial charge on any atom is 0.412 e. The van der Waals surface area contributed by atoms with E-state index >= 15 is 0 Å². The molecule has 2 atom stereocenters. The van der Waals surface area contributed by atoms with E-state index in [1.54, 1.807) is 0 Å². The van der Waals surface area contributed by atoms with Crippen LogP contribution in [0, 0.1) is 5.92 Å². The number of thioether (sulfide) groups is 1. The lowest BCUT2D eigenvalue weighted by Crippen LogP contribution is -2.27. The van der Waals surface area contributed by atoms with Crippen LogP contribution in [-0.2, 0) is 4.74 Å². The summed E-state index contributed by atoms with van der Waals surface area (Å²) in [7, 11) is 0. The highest BCUT2D eigenvalue weighted by atomic mass is 32.2. The fraction of sp³-hybridized carbons (Fsp3) is 0.562. The van der Waals surface area contributed by atoms with Crippen LogP contribution in [0.2, 0.25) is 0 Å². The van der Waals surface area contributed by atoms with E-state index in [1.807, 2.05) is 56.8 Å². The van der Waals surface area contributed by atoms with Gasteiger partial charge in [-0.15, -0.1) is 0 Å². The number of hydrogen-bond donors (Lipinski definition) is 2. The third-order valence-corrected chi connectivity index (χ3v) is 4.60. The Hall–Kier alpha value is -1.36. The van der Waals surface area contributed by atoms with E-state index in [0.29, 0.717) is 12.0 Å². The maximum atomic E-state index is 11.7. The molecule has 0 bridgehead atoms. The van der Waals surface area contributed by atoms with Gasteiger partial charge in [0.15, 0.2) is 0 Å². The van der Waals surface area contributed by atoms with Gasteiger partial charge < -0.3 is 10.1 Å². The molecule has 0 saturated carbocycles. The summed E-state index contributed by atoms with van der Waals surface area (Å²) in [5.41, 5.74) is 1.34. The smallest absolute Gasteiger partial charge is 0.412 e. The second kappa shape index (κ2) is 6.60. The first kappa shape index (κ1) is 16.0. The van der Waals surface area contributed by atoms with Crippen LogP contribution in [0.1, 0.15) is 27.7 Å². The van der Waals surface area contributed by atoms with Crippen LogP contribution >= 0.6 is 11.8 Å². The maximum absolute atomic E-state index is 11.7. The first-order valence-corrected chi connectivity index (χ1v) is 8.43. The standard InChI is InChI=1S/C16H24N2O2S/c1-11-9-21-10-14(11)17-12-5-7-13(8-6-12)18-15(19)20-16(2,3)4/h5-8,11,14,17H,9-10H2,1-4H3,(H,18,19). The van der Waals surface area contributed by atoms with E-state index in [4.69, 9.17) is 4.74 Å². The van der Waals surface area contributed by atoms with Crippen molar-refractivity contribution in [3.05, 3.63) is 24.3 Å². The number of nitrogens with one attached hydrogen (secondary N) is 2. The van der Waals surface area contributed by atoms with E-state index in [9.17, 15) is 4.79 Å². The Morgan fingerprint density at radius 3 is 2.33 bits per heavy atom. The Kier molecular flexibility index (Phi) is 5.04. The zero-order valence-corrected chi connectivity index (χ0v) is 13.9. The number of carbonyl (C=O) groups excluding carboxylic acids is 1. The van der Waals surface area contributed by atoms with Crippen LogP contribution in [0.15, 0.2) is 24.3 Å². The van der Waals surface area contributed by atoms with Gasteiger partial charge in [0.25, 0.3) is 0 Å². The van der Waals surface area contributed by atoms with Crippen molar-refractivity contribution in [3.8, 4) is 0 Å². The number of amides is 1. The molecule has 2 rings (SSSR count). The third kappa shape index (κ3) is 5.16. The van der Waals surface area contributed by atoms with E-state index < -0.39 is 11.7 Å². The number of benzene rings is 1. The van der Waals surface area contributed by atoms with Gasteiger partial charge in [0.2, 0.25) is 0 Å². The molecule has 2 unspecified atom stereocenters. The molecule has 5 heteroatoms. The predicted octanol–water partition coefficient (Wildman–Crippen LogP) is 4.20. The second-order valence-electron chi connectivity index (χ2n) is 6.47. The lowest BCUT2D eigenvalue weighted by Gasteiger charge is -2.20. The highest BCUT2D eigenvalue weighted by molar-refractivity contribution is 7.99. The number of carbonyl (C=O) groups is 1. The van der Waals surface area contributed by atoms with Gasteiger partial charge in [0, 0.05) is 23.2 Å². The van der Waals surface area contributed by atoms with E-state index in [-0.39, 0.29) is 0 Å². The molecule has 116 valence electrons. The van der Waals surface area contributed by atoms with Crippen molar-refractivity contribution < 1.29 is 9.53 Å². The summed E-state index contributed by atoms with van der Waals surface area (Å²) in [5.74, 6) is 3.06. The molecule has 1 heterocycles. The minimum Gasteiger partial charge on any atom is -0.444 e.